The molecule has 2 aromatic rings. The van der Waals surface area contributed by atoms with E-state index in [1.54, 1.807) is 6.92 Å². The molecule has 0 unspecified atom stereocenters. The predicted molar refractivity (Wildman–Crippen MR) is 63.2 cm³/mol. The minimum atomic E-state index is -0.610. The first-order valence-electron chi connectivity index (χ1n) is 5.11. The molecule has 0 aliphatic rings. The van der Waals surface area contributed by atoms with Gasteiger partial charge in [-0.2, -0.15) is 0 Å². The van der Waals surface area contributed by atoms with E-state index in [0.29, 0.717) is 5.75 Å². The maximum Gasteiger partial charge on any atom is 0.258 e. The molecular weight excluding hydrogens is 202 g/mol. The summed E-state index contributed by atoms with van der Waals surface area (Å²) in [6, 6.07) is 13.7. The number of primary amides is 1. The summed E-state index contributed by atoms with van der Waals surface area (Å²) >= 11 is 0. The number of hydrogen-bond acceptors (Lipinski definition) is 2. The number of nitrogens with two attached hydrogens (primary N) is 1. The van der Waals surface area contributed by atoms with Gasteiger partial charge in [0.05, 0.1) is 0 Å². The van der Waals surface area contributed by atoms with Crippen LogP contribution in [0.5, 0.6) is 5.75 Å². The first-order chi connectivity index (χ1) is 7.66. The summed E-state index contributed by atoms with van der Waals surface area (Å²) in [7, 11) is 0. The van der Waals surface area contributed by atoms with Crippen molar-refractivity contribution >= 4 is 16.7 Å². The number of ether oxygens (including phenoxy) is 1. The molecular formula is C13H13NO2. The molecule has 2 rings (SSSR count). The second kappa shape index (κ2) is 4.23. The lowest BCUT2D eigenvalue weighted by atomic mass is 10.1. The zero-order chi connectivity index (χ0) is 11.5. The van der Waals surface area contributed by atoms with E-state index < -0.39 is 12.0 Å². The van der Waals surface area contributed by atoms with Crippen molar-refractivity contribution < 1.29 is 9.53 Å². The second-order valence-corrected chi connectivity index (χ2v) is 3.67. The van der Waals surface area contributed by atoms with Crippen LogP contribution in [0.2, 0.25) is 0 Å². The number of benzene rings is 2. The van der Waals surface area contributed by atoms with E-state index in [1.165, 1.54) is 0 Å². The maximum atomic E-state index is 10.9. The molecule has 1 atom stereocenters. The number of carbonyl (C=O) groups excluding carboxylic acids is 1. The largest absolute Gasteiger partial charge is 0.481 e. The van der Waals surface area contributed by atoms with Gasteiger partial charge in [0.25, 0.3) is 5.91 Å². The van der Waals surface area contributed by atoms with E-state index in [9.17, 15) is 4.79 Å². The van der Waals surface area contributed by atoms with Crippen molar-refractivity contribution in [2.75, 3.05) is 0 Å². The highest BCUT2D eigenvalue weighted by Gasteiger charge is 2.09. The van der Waals surface area contributed by atoms with Crippen molar-refractivity contribution in [2.45, 2.75) is 13.0 Å². The summed E-state index contributed by atoms with van der Waals surface area (Å²) in [5.41, 5.74) is 5.13. The SMILES string of the molecule is C[C@H](Oc1ccc2ccccc2c1)C(N)=O. The fraction of sp³-hybridized carbons (Fsp3) is 0.154. The number of hydrogen-bond donors (Lipinski definition) is 1. The zero-order valence-corrected chi connectivity index (χ0v) is 9.01. The van der Waals surface area contributed by atoms with E-state index in [4.69, 9.17) is 10.5 Å². The van der Waals surface area contributed by atoms with Crippen LogP contribution in [0.25, 0.3) is 10.8 Å². The van der Waals surface area contributed by atoms with Crippen molar-refractivity contribution in [2.24, 2.45) is 5.73 Å². The van der Waals surface area contributed by atoms with Crippen LogP contribution < -0.4 is 10.5 Å². The molecule has 1 amide bonds. The zero-order valence-electron chi connectivity index (χ0n) is 9.01. The van der Waals surface area contributed by atoms with Crippen molar-refractivity contribution in [1.29, 1.82) is 0 Å². The summed E-state index contributed by atoms with van der Waals surface area (Å²) < 4.78 is 5.41. The smallest absolute Gasteiger partial charge is 0.258 e. The highest BCUT2D eigenvalue weighted by atomic mass is 16.5. The Morgan fingerprint density at radius 1 is 1.19 bits per heavy atom. The van der Waals surface area contributed by atoms with Crippen LogP contribution in [0.3, 0.4) is 0 Å². The van der Waals surface area contributed by atoms with Crippen molar-refractivity contribution in [3.05, 3.63) is 42.5 Å². The molecule has 0 heterocycles. The summed E-state index contributed by atoms with van der Waals surface area (Å²) in [6.45, 7) is 1.64. The molecule has 0 fully saturated rings. The van der Waals surface area contributed by atoms with Crippen LogP contribution in [-0.4, -0.2) is 12.0 Å². The topological polar surface area (TPSA) is 52.3 Å². The van der Waals surface area contributed by atoms with E-state index in [-0.39, 0.29) is 0 Å². The Balaban J connectivity index is 2.29. The molecule has 3 nitrogen and oxygen atoms in total. The third-order valence-corrected chi connectivity index (χ3v) is 2.43. The van der Waals surface area contributed by atoms with Gasteiger partial charge < -0.3 is 10.5 Å². The van der Waals surface area contributed by atoms with Crippen LogP contribution in [0.4, 0.5) is 0 Å². The molecule has 0 saturated carbocycles. The van der Waals surface area contributed by atoms with Gasteiger partial charge in [-0.05, 0) is 29.8 Å². The summed E-state index contributed by atoms with van der Waals surface area (Å²) in [4.78, 5) is 10.9. The molecule has 82 valence electrons. The van der Waals surface area contributed by atoms with Crippen LogP contribution in [0.1, 0.15) is 6.92 Å². The minimum Gasteiger partial charge on any atom is -0.481 e. The second-order valence-electron chi connectivity index (χ2n) is 3.67. The van der Waals surface area contributed by atoms with Gasteiger partial charge in [0, 0.05) is 0 Å². The Bertz CT molecular complexity index is 522. The van der Waals surface area contributed by atoms with Crippen LogP contribution >= 0.6 is 0 Å². The van der Waals surface area contributed by atoms with Gasteiger partial charge in [0.1, 0.15) is 5.75 Å². The number of amides is 1. The Morgan fingerprint density at radius 3 is 2.56 bits per heavy atom. The average Bonchev–Trinajstić information content (AvgIpc) is 2.28. The van der Waals surface area contributed by atoms with Gasteiger partial charge in [-0.15, -0.1) is 0 Å². The van der Waals surface area contributed by atoms with Gasteiger partial charge in [-0.1, -0.05) is 30.3 Å². The molecule has 0 saturated heterocycles. The van der Waals surface area contributed by atoms with Gasteiger partial charge >= 0.3 is 0 Å². The number of fused-ring (bicyclic) bond motifs is 1. The first-order valence-corrected chi connectivity index (χ1v) is 5.11. The van der Waals surface area contributed by atoms with E-state index in [0.717, 1.165) is 10.8 Å². The first kappa shape index (κ1) is 10.5. The molecule has 0 bridgehead atoms. The lowest BCUT2D eigenvalue weighted by molar-refractivity contribution is -0.123. The lowest BCUT2D eigenvalue weighted by Gasteiger charge is -2.11. The predicted octanol–water partition coefficient (Wildman–Crippen LogP) is 2.09. The van der Waals surface area contributed by atoms with Gasteiger partial charge in [0.2, 0.25) is 0 Å². The van der Waals surface area contributed by atoms with E-state index in [2.05, 4.69) is 0 Å². The van der Waals surface area contributed by atoms with Gasteiger partial charge in [0.15, 0.2) is 6.10 Å². The fourth-order valence-electron chi connectivity index (χ4n) is 1.50. The molecule has 16 heavy (non-hydrogen) atoms. The normalized spacial score (nSPS) is 12.3. The van der Waals surface area contributed by atoms with Crippen molar-refractivity contribution in [1.82, 2.24) is 0 Å². The molecule has 0 spiro atoms. The Hall–Kier alpha value is -2.03. The van der Waals surface area contributed by atoms with E-state index >= 15 is 0 Å². The molecule has 0 aliphatic carbocycles. The maximum absolute atomic E-state index is 10.9. The van der Waals surface area contributed by atoms with Crippen molar-refractivity contribution in [3.8, 4) is 5.75 Å². The molecule has 3 heteroatoms. The molecule has 2 aromatic carbocycles. The van der Waals surface area contributed by atoms with Crippen LogP contribution in [0.15, 0.2) is 42.5 Å². The van der Waals surface area contributed by atoms with Gasteiger partial charge in [-0.25, -0.2) is 0 Å². The van der Waals surface area contributed by atoms with Gasteiger partial charge in [-0.3, -0.25) is 4.79 Å². The summed E-state index contributed by atoms with van der Waals surface area (Å²) in [5, 5.41) is 2.22. The number of carbonyl (C=O) groups is 1. The summed E-state index contributed by atoms with van der Waals surface area (Å²) in [6.07, 6.45) is -0.610. The molecule has 0 radical (unpaired) electrons. The average molecular weight is 215 g/mol. The molecule has 0 aromatic heterocycles. The summed E-state index contributed by atoms with van der Waals surface area (Å²) in [5.74, 6) is 0.193. The van der Waals surface area contributed by atoms with Crippen LogP contribution in [0, 0.1) is 0 Å². The minimum absolute atomic E-state index is 0.465. The van der Waals surface area contributed by atoms with Crippen LogP contribution in [-0.2, 0) is 4.79 Å². The molecule has 0 aliphatic heterocycles. The number of rotatable bonds is 3. The monoisotopic (exact) mass is 215 g/mol. The van der Waals surface area contributed by atoms with E-state index in [1.807, 2.05) is 42.5 Å². The third-order valence-electron chi connectivity index (χ3n) is 2.43. The fourth-order valence-corrected chi connectivity index (χ4v) is 1.50. The third kappa shape index (κ3) is 2.14. The Labute approximate surface area is 93.8 Å². The Morgan fingerprint density at radius 2 is 1.88 bits per heavy atom. The Kier molecular flexibility index (Phi) is 2.77. The lowest BCUT2D eigenvalue weighted by Crippen LogP contribution is -2.30. The standard InChI is InChI=1S/C13H13NO2/c1-9(13(14)15)16-12-7-6-10-4-2-3-5-11(10)8-12/h2-9H,1H3,(H2,14,15)/t9-/m0/s1. The highest BCUT2D eigenvalue weighted by Crippen LogP contribution is 2.21. The molecule has 2 N–H and O–H groups in total. The quantitative estimate of drug-likeness (QED) is 0.852. The highest BCUT2D eigenvalue weighted by molar-refractivity contribution is 5.84. The van der Waals surface area contributed by atoms with Crippen molar-refractivity contribution in [3.63, 3.8) is 0 Å².